The summed E-state index contributed by atoms with van der Waals surface area (Å²) >= 11 is 0. The molecule has 2 unspecified atom stereocenters. The molecule has 1 rings (SSSR count). The predicted octanol–water partition coefficient (Wildman–Crippen LogP) is -1.18. The molecular weight excluding hydrogens is 108 g/mol. The Morgan fingerprint density at radius 3 is 3.00 bits per heavy atom. The number of methoxy groups -OCH3 is 1. The van der Waals surface area contributed by atoms with Crippen LogP contribution in [0.2, 0.25) is 0 Å². The van der Waals surface area contributed by atoms with Gasteiger partial charge in [-0.1, -0.05) is 0 Å². The van der Waals surface area contributed by atoms with Crippen molar-refractivity contribution in [1.29, 1.82) is 0 Å². The van der Waals surface area contributed by atoms with Crippen LogP contribution in [0.3, 0.4) is 0 Å². The standard InChI is InChI=1S/C4H10N2O2/c1-7-4-3(8-4)2-6-5/h3-4,6H,2,5H2,1H3. The fraction of sp³-hybridized carbons (Fsp3) is 1.00. The first-order valence-electron chi connectivity index (χ1n) is 2.50. The summed E-state index contributed by atoms with van der Waals surface area (Å²) in [5.41, 5.74) is 2.49. The summed E-state index contributed by atoms with van der Waals surface area (Å²) in [6.07, 6.45) is 0.149. The highest BCUT2D eigenvalue weighted by molar-refractivity contribution is 4.77. The molecule has 1 fully saturated rings. The summed E-state index contributed by atoms with van der Waals surface area (Å²) in [5, 5.41) is 0. The van der Waals surface area contributed by atoms with Crippen LogP contribution in [-0.4, -0.2) is 26.0 Å². The average molecular weight is 118 g/mol. The van der Waals surface area contributed by atoms with Gasteiger partial charge in [0.15, 0.2) is 6.29 Å². The van der Waals surface area contributed by atoms with Gasteiger partial charge >= 0.3 is 0 Å². The summed E-state index contributed by atoms with van der Waals surface area (Å²) in [6.45, 7) is 0.665. The van der Waals surface area contributed by atoms with E-state index in [1.54, 1.807) is 7.11 Å². The van der Waals surface area contributed by atoms with Crippen LogP contribution in [0.4, 0.5) is 0 Å². The van der Waals surface area contributed by atoms with Crippen molar-refractivity contribution in [2.75, 3.05) is 13.7 Å². The smallest absolute Gasteiger partial charge is 0.185 e. The Labute approximate surface area is 47.9 Å². The van der Waals surface area contributed by atoms with Crippen molar-refractivity contribution in [1.82, 2.24) is 5.43 Å². The summed E-state index contributed by atoms with van der Waals surface area (Å²) in [5.74, 6) is 5.00. The van der Waals surface area contributed by atoms with E-state index < -0.39 is 0 Å². The third kappa shape index (κ3) is 1.16. The van der Waals surface area contributed by atoms with Gasteiger partial charge in [-0.25, -0.2) is 0 Å². The number of rotatable bonds is 3. The second kappa shape index (κ2) is 2.41. The van der Waals surface area contributed by atoms with Gasteiger partial charge in [0, 0.05) is 13.7 Å². The Morgan fingerprint density at radius 1 is 1.88 bits per heavy atom. The molecule has 0 aromatic carbocycles. The zero-order valence-corrected chi connectivity index (χ0v) is 4.76. The summed E-state index contributed by atoms with van der Waals surface area (Å²) < 4.78 is 9.75. The van der Waals surface area contributed by atoms with E-state index in [4.69, 9.17) is 15.3 Å². The first-order chi connectivity index (χ1) is 3.88. The lowest BCUT2D eigenvalue weighted by Crippen LogP contribution is -2.27. The van der Waals surface area contributed by atoms with E-state index in [1.165, 1.54) is 0 Å². The molecule has 4 heteroatoms. The maximum atomic E-state index is 5.00. The minimum absolute atomic E-state index is 0.0222. The summed E-state index contributed by atoms with van der Waals surface area (Å²) in [7, 11) is 1.61. The van der Waals surface area contributed by atoms with Gasteiger partial charge in [-0.2, -0.15) is 0 Å². The molecule has 4 nitrogen and oxygen atoms in total. The highest BCUT2D eigenvalue weighted by Gasteiger charge is 2.38. The largest absolute Gasteiger partial charge is 0.353 e. The van der Waals surface area contributed by atoms with E-state index in [1.807, 2.05) is 0 Å². The van der Waals surface area contributed by atoms with Gasteiger partial charge < -0.3 is 9.47 Å². The number of hydrazine groups is 1. The molecular formula is C4H10N2O2. The van der Waals surface area contributed by atoms with Crippen LogP contribution in [-0.2, 0) is 9.47 Å². The number of epoxide rings is 1. The summed E-state index contributed by atoms with van der Waals surface area (Å²) in [4.78, 5) is 0. The van der Waals surface area contributed by atoms with Crippen LogP contribution < -0.4 is 11.3 Å². The molecule has 0 bridgehead atoms. The van der Waals surface area contributed by atoms with Crippen LogP contribution in [0.5, 0.6) is 0 Å². The van der Waals surface area contributed by atoms with Gasteiger partial charge in [-0.3, -0.25) is 11.3 Å². The highest BCUT2D eigenvalue weighted by Crippen LogP contribution is 2.20. The zero-order chi connectivity index (χ0) is 5.98. The Hall–Kier alpha value is -0.160. The fourth-order valence-electron chi connectivity index (χ4n) is 0.595. The van der Waals surface area contributed by atoms with Crippen molar-refractivity contribution in [3.8, 4) is 0 Å². The van der Waals surface area contributed by atoms with Crippen molar-refractivity contribution in [3.63, 3.8) is 0 Å². The average Bonchev–Trinajstić information content (AvgIpc) is 2.48. The second-order valence-corrected chi connectivity index (χ2v) is 1.69. The lowest BCUT2D eigenvalue weighted by Gasteiger charge is -1.88. The Kier molecular flexibility index (Phi) is 1.80. The molecule has 1 heterocycles. The first kappa shape index (κ1) is 5.97. The normalized spacial score (nSPS) is 35.2. The molecule has 0 radical (unpaired) electrons. The molecule has 1 aliphatic rings. The maximum Gasteiger partial charge on any atom is 0.185 e. The van der Waals surface area contributed by atoms with E-state index in [-0.39, 0.29) is 12.4 Å². The van der Waals surface area contributed by atoms with E-state index in [9.17, 15) is 0 Å². The lowest BCUT2D eigenvalue weighted by atomic mass is 10.5. The molecule has 48 valence electrons. The van der Waals surface area contributed by atoms with Crippen LogP contribution in [0.1, 0.15) is 0 Å². The minimum atomic E-state index is -0.0222. The first-order valence-corrected chi connectivity index (χ1v) is 2.50. The van der Waals surface area contributed by atoms with Crippen LogP contribution in [0, 0.1) is 0 Å². The molecule has 0 aromatic heterocycles. The van der Waals surface area contributed by atoms with E-state index in [2.05, 4.69) is 5.43 Å². The van der Waals surface area contributed by atoms with Crippen molar-refractivity contribution in [2.45, 2.75) is 12.4 Å². The quantitative estimate of drug-likeness (QED) is 0.278. The predicted molar refractivity (Wildman–Crippen MR) is 27.9 cm³/mol. The van der Waals surface area contributed by atoms with Gasteiger partial charge in [0.05, 0.1) is 0 Å². The Balaban J connectivity index is 1.99. The van der Waals surface area contributed by atoms with Gasteiger partial charge in [-0.15, -0.1) is 0 Å². The second-order valence-electron chi connectivity index (χ2n) is 1.69. The molecule has 8 heavy (non-hydrogen) atoms. The molecule has 0 aliphatic carbocycles. The van der Waals surface area contributed by atoms with Crippen LogP contribution >= 0.6 is 0 Å². The van der Waals surface area contributed by atoms with Gasteiger partial charge in [-0.05, 0) is 0 Å². The molecule has 1 aliphatic heterocycles. The monoisotopic (exact) mass is 118 g/mol. The van der Waals surface area contributed by atoms with Gasteiger partial charge in [0.25, 0.3) is 0 Å². The van der Waals surface area contributed by atoms with Gasteiger partial charge in [0.1, 0.15) is 6.10 Å². The molecule has 0 saturated carbocycles. The van der Waals surface area contributed by atoms with Crippen molar-refractivity contribution in [2.24, 2.45) is 5.84 Å². The third-order valence-electron chi connectivity index (χ3n) is 1.09. The van der Waals surface area contributed by atoms with Crippen LogP contribution in [0.25, 0.3) is 0 Å². The van der Waals surface area contributed by atoms with Crippen LogP contribution in [0.15, 0.2) is 0 Å². The molecule has 1 saturated heterocycles. The van der Waals surface area contributed by atoms with Gasteiger partial charge in [0.2, 0.25) is 0 Å². The number of hydrogen-bond donors (Lipinski definition) is 2. The Morgan fingerprint density at radius 2 is 2.62 bits per heavy atom. The highest BCUT2D eigenvalue weighted by atomic mass is 16.8. The topological polar surface area (TPSA) is 59.8 Å². The zero-order valence-electron chi connectivity index (χ0n) is 4.76. The molecule has 0 aromatic rings. The molecule has 0 spiro atoms. The van der Waals surface area contributed by atoms with E-state index in [0.717, 1.165) is 0 Å². The van der Waals surface area contributed by atoms with E-state index in [0.29, 0.717) is 6.54 Å². The van der Waals surface area contributed by atoms with Crippen molar-refractivity contribution >= 4 is 0 Å². The third-order valence-corrected chi connectivity index (χ3v) is 1.09. The minimum Gasteiger partial charge on any atom is -0.353 e. The number of nitrogens with one attached hydrogen (secondary N) is 1. The van der Waals surface area contributed by atoms with E-state index >= 15 is 0 Å². The van der Waals surface area contributed by atoms with Crippen molar-refractivity contribution < 1.29 is 9.47 Å². The summed E-state index contributed by atoms with van der Waals surface area (Å²) in [6, 6.07) is 0. The number of nitrogens with two attached hydrogens (primary N) is 1. The Bertz CT molecular complexity index is 78.4. The number of hydrogen-bond acceptors (Lipinski definition) is 4. The maximum absolute atomic E-state index is 5.00. The molecule has 2 atom stereocenters. The fourth-order valence-corrected chi connectivity index (χ4v) is 0.595. The van der Waals surface area contributed by atoms with Crippen molar-refractivity contribution in [3.05, 3.63) is 0 Å². The lowest BCUT2D eigenvalue weighted by molar-refractivity contribution is 0.0950. The molecule has 0 amide bonds. The SMILES string of the molecule is COC1OC1CNN. The number of ether oxygens (including phenoxy) is 2. The molecule has 3 N–H and O–H groups in total.